The van der Waals surface area contributed by atoms with Crippen molar-refractivity contribution in [2.24, 2.45) is 5.73 Å². The number of ether oxygens (including phenoxy) is 1. The Labute approximate surface area is 161 Å². The highest BCUT2D eigenvalue weighted by Gasteiger charge is 2.38. The van der Waals surface area contributed by atoms with Crippen LogP contribution in [0.25, 0.3) is 11.1 Å². The molecule has 0 saturated carbocycles. The molecule has 130 valence electrons. The molecule has 0 spiro atoms. The molecule has 1 aliphatic heterocycles. The third kappa shape index (κ3) is 2.99. The van der Waals surface area contributed by atoms with Gasteiger partial charge in [0.05, 0.1) is 11.1 Å². The van der Waals surface area contributed by atoms with Gasteiger partial charge in [-0.1, -0.05) is 65.7 Å². The zero-order valence-corrected chi connectivity index (χ0v) is 15.2. The summed E-state index contributed by atoms with van der Waals surface area (Å²) in [7, 11) is 0. The molecule has 1 heterocycles. The molecule has 0 bridgehead atoms. The molecule has 2 unspecified atom stereocenters. The van der Waals surface area contributed by atoms with Gasteiger partial charge in [-0.25, -0.2) is 0 Å². The number of hydrogen-bond donors (Lipinski definition) is 1. The van der Waals surface area contributed by atoms with E-state index in [1.807, 2.05) is 48.5 Å². The Hall–Kier alpha value is -2.33. The minimum atomic E-state index is -0.810. The Bertz CT molecular complexity index is 989. The summed E-state index contributed by atoms with van der Waals surface area (Å²) < 4.78 is 5.92. The molecule has 0 aliphatic carbocycles. The highest BCUT2D eigenvalue weighted by atomic mass is 35.5. The van der Waals surface area contributed by atoms with E-state index in [0.717, 1.165) is 16.7 Å². The predicted octanol–water partition coefficient (Wildman–Crippen LogP) is 5.30. The average molecular weight is 384 g/mol. The van der Waals surface area contributed by atoms with Crippen molar-refractivity contribution < 1.29 is 9.53 Å². The zero-order valence-electron chi connectivity index (χ0n) is 13.7. The lowest BCUT2D eigenvalue weighted by molar-refractivity contribution is 0.0795. The van der Waals surface area contributed by atoms with Crippen LogP contribution in [0.3, 0.4) is 0 Å². The summed E-state index contributed by atoms with van der Waals surface area (Å²) in [4.78, 5) is 12.9. The fourth-order valence-corrected chi connectivity index (χ4v) is 3.66. The number of rotatable bonds is 3. The van der Waals surface area contributed by atoms with E-state index in [2.05, 4.69) is 0 Å². The predicted molar refractivity (Wildman–Crippen MR) is 104 cm³/mol. The number of hydrogen-bond acceptors (Lipinski definition) is 3. The van der Waals surface area contributed by atoms with Crippen LogP contribution in [0.5, 0.6) is 5.75 Å². The van der Waals surface area contributed by atoms with Gasteiger partial charge in [0, 0.05) is 16.1 Å². The van der Waals surface area contributed by atoms with E-state index in [4.69, 9.17) is 33.7 Å². The van der Waals surface area contributed by atoms with E-state index < -0.39 is 12.1 Å². The van der Waals surface area contributed by atoms with Crippen molar-refractivity contribution in [2.75, 3.05) is 0 Å². The van der Waals surface area contributed by atoms with E-state index in [1.165, 1.54) is 6.07 Å². The summed E-state index contributed by atoms with van der Waals surface area (Å²) in [5.74, 6) is 0.374. The Balaban J connectivity index is 1.65. The van der Waals surface area contributed by atoms with E-state index in [9.17, 15) is 4.79 Å². The van der Waals surface area contributed by atoms with Crippen LogP contribution in [0, 0.1) is 0 Å². The Morgan fingerprint density at radius 2 is 1.69 bits per heavy atom. The van der Waals surface area contributed by atoms with Crippen LogP contribution >= 0.6 is 23.2 Å². The minimum absolute atomic E-state index is 0.253. The number of carbonyl (C=O) groups is 1. The summed E-state index contributed by atoms with van der Waals surface area (Å²) in [5.41, 5.74) is 9.53. The molecule has 2 N–H and O–H groups in total. The summed E-state index contributed by atoms with van der Waals surface area (Å²) in [5, 5.41) is 0.762. The van der Waals surface area contributed by atoms with Crippen molar-refractivity contribution in [3.05, 3.63) is 87.9 Å². The largest absolute Gasteiger partial charge is 0.480 e. The molecular weight excluding hydrogens is 369 g/mol. The standard InChI is InChI=1S/C21H15Cl2NO2/c22-14-7-9-15(17(23)11-14)20(25)21-19(24)16-8-6-13(10-18(16)26-21)12-4-2-1-3-5-12/h1-11,19,21H,24H2. The first-order valence-electron chi connectivity index (χ1n) is 8.15. The number of fused-ring (bicyclic) bond motifs is 1. The van der Waals surface area contributed by atoms with E-state index in [0.29, 0.717) is 21.4 Å². The third-order valence-electron chi connectivity index (χ3n) is 4.51. The molecule has 0 fully saturated rings. The van der Waals surface area contributed by atoms with Gasteiger partial charge in [-0.15, -0.1) is 0 Å². The quantitative estimate of drug-likeness (QED) is 0.623. The molecule has 2 atom stereocenters. The van der Waals surface area contributed by atoms with Crippen molar-refractivity contribution in [3.8, 4) is 16.9 Å². The van der Waals surface area contributed by atoms with Crippen molar-refractivity contribution in [2.45, 2.75) is 12.1 Å². The lowest BCUT2D eigenvalue weighted by atomic mass is 9.96. The first-order chi connectivity index (χ1) is 12.5. The van der Waals surface area contributed by atoms with Gasteiger partial charge in [-0.3, -0.25) is 4.79 Å². The Kier molecular flexibility index (Phi) is 4.45. The van der Waals surface area contributed by atoms with Crippen LogP contribution in [0.4, 0.5) is 0 Å². The number of benzene rings is 3. The molecular formula is C21H15Cl2NO2. The molecule has 3 nitrogen and oxygen atoms in total. The van der Waals surface area contributed by atoms with Gasteiger partial charge < -0.3 is 10.5 Å². The Morgan fingerprint density at radius 1 is 0.923 bits per heavy atom. The van der Waals surface area contributed by atoms with Crippen LogP contribution in [0.1, 0.15) is 22.0 Å². The number of halogens is 2. The number of ketones is 1. The van der Waals surface area contributed by atoms with Gasteiger partial charge in [0.2, 0.25) is 5.78 Å². The molecule has 26 heavy (non-hydrogen) atoms. The second kappa shape index (κ2) is 6.76. The maximum atomic E-state index is 12.9. The molecule has 5 heteroatoms. The van der Waals surface area contributed by atoms with Gasteiger partial charge in [0.1, 0.15) is 5.75 Å². The van der Waals surface area contributed by atoms with Crippen LogP contribution in [-0.4, -0.2) is 11.9 Å². The molecule has 0 amide bonds. The van der Waals surface area contributed by atoms with E-state index in [1.54, 1.807) is 12.1 Å². The summed E-state index contributed by atoms with van der Waals surface area (Å²) in [6.45, 7) is 0. The fourth-order valence-electron chi connectivity index (χ4n) is 3.15. The Morgan fingerprint density at radius 3 is 2.42 bits per heavy atom. The normalized spacial score (nSPS) is 18.3. The number of Topliss-reactive ketones (excluding diaryl/α,β-unsaturated/α-hetero) is 1. The van der Waals surface area contributed by atoms with E-state index in [-0.39, 0.29) is 5.78 Å². The van der Waals surface area contributed by atoms with Gasteiger partial charge in [0.15, 0.2) is 6.10 Å². The van der Waals surface area contributed by atoms with Crippen molar-refractivity contribution in [1.82, 2.24) is 0 Å². The average Bonchev–Trinajstić information content (AvgIpc) is 2.98. The summed E-state index contributed by atoms with van der Waals surface area (Å²) >= 11 is 12.1. The summed E-state index contributed by atoms with van der Waals surface area (Å²) in [6, 6.07) is 20.0. The van der Waals surface area contributed by atoms with Crippen molar-refractivity contribution in [3.63, 3.8) is 0 Å². The molecule has 3 aromatic rings. The smallest absolute Gasteiger partial charge is 0.206 e. The maximum Gasteiger partial charge on any atom is 0.206 e. The van der Waals surface area contributed by atoms with Crippen molar-refractivity contribution in [1.29, 1.82) is 0 Å². The fraction of sp³-hybridized carbons (Fsp3) is 0.0952. The molecule has 3 aromatic carbocycles. The van der Waals surface area contributed by atoms with Crippen molar-refractivity contribution >= 4 is 29.0 Å². The molecule has 0 saturated heterocycles. The monoisotopic (exact) mass is 383 g/mol. The highest BCUT2D eigenvalue weighted by Crippen LogP contribution is 2.39. The SMILES string of the molecule is NC1c2ccc(-c3ccccc3)cc2OC1C(=O)c1ccc(Cl)cc1Cl. The van der Waals surface area contributed by atoms with E-state index >= 15 is 0 Å². The van der Waals surface area contributed by atoms with Gasteiger partial charge >= 0.3 is 0 Å². The first kappa shape index (κ1) is 17.1. The van der Waals surface area contributed by atoms with Gasteiger partial charge in [0.25, 0.3) is 0 Å². The highest BCUT2D eigenvalue weighted by molar-refractivity contribution is 6.37. The van der Waals surface area contributed by atoms with Gasteiger partial charge in [-0.05, 0) is 35.4 Å². The first-order valence-corrected chi connectivity index (χ1v) is 8.91. The van der Waals surface area contributed by atoms with Gasteiger partial charge in [-0.2, -0.15) is 0 Å². The van der Waals surface area contributed by atoms with Crippen LogP contribution in [-0.2, 0) is 0 Å². The zero-order chi connectivity index (χ0) is 18.3. The molecule has 4 rings (SSSR count). The lowest BCUT2D eigenvalue weighted by Crippen LogP contribution is -2.33. The van der Waals surface area contributed by atoms with Crippen LogP contribution < -0.4 is 10.5 Å². The number of carbonyl (C=O) groups excluding carboxylic acids is 1. The maximum absolute atomic E-state index is 12.9. The second-order valence-electron chi connectivity index (χ2n) is 6.17. The second-order valence-corrected chi connectivity index (χ2v) is 7.01. The molecule has 1 aliphatic rings. The number of nitrogens with two attached hydrogens (primary N) is 1. The topological polar surface area (TPSA) is 52.3 Å². The van der Waals surface area contributed by atoms with Crippen LogP contribution in [0.15, 0.2) is 66.7 Å². The lowest BCUT2D eigenvalue weighted by Gasteiger charge is -2.15. The van der Waals surface area contributed by atoms with Crippen LogP contribution in [0.2, 0.25) is 10.0 Å². The molecule has 0 aromatic heterocycles. The third-order valence-corrected chi connectivity index (χ3v) is 5.06. The molecule has 0 radical (unpaired) electrons. The summed E-state index contributed by atoms with van der Waals surface area (Å²) in [6.07, 6.45) is -0.810. The minimum Gasteiger partial charge on any atom is -0.480 e.